The van der Waals surface area contributed by atoms with Gasteiger partial charge in [-0.25, -0.2) is 4.79 Å². The number of carbonyl (C=O) groups excluding carboxylic acids is 3. The molecule has 7 heterocycles. The molecule has 10 atom stereocenters. The molecule has 2 bridgehead atoms. The Hall–Kier alpha value is -4.61. The smallest absolute Gasteiger partial charge is 0.347 e. The average Bonchev–Trinajstić information content (AvgIpc) is 3.53. The normalized spacial score (nSPS) is 36.6. The van der Waals surface area contributed by atoms with E-state index in [1.54, 1.807) is 7.11 Å². The maximum Gasteiger partial charge on any atom is 0.347 e. The molecular formula is C48H58N4O11S. The number of benzene rings is 2. The number of epoxide rings is 1. The zero-order chi connectivity index (χ0) is 45.4. The zero-order valence-corrected chi connectivity index (χ0v) is 38.4. The number of carbonyl (C=O) groups is 4. The minimum atomic E-state index is -1.70. The number of aliphatic hydroxyl groups is 1. The first-order valence-electron chi connectivity index (χ1n) is 22.5. The molecule has 10 rings (SSSR count). The predicted octanol–water partition coefficient (Wildman–Crippen LogP) is 4.53. The quantitative estimate of drug-likeness (QED) is 0.0848. The predicted molar refractivity (Wildman–Crippen MR) is 237 cm³/mol. The van der Waals surface area contributed by atoms with Crippen molar-refractivity contribution in [1.29, 1.82) is 0 Å². The number of aromatic amines is 1. The number of aromatic nitrogens is 1. The van der Waals surface area contributed by atoms with E-state index in [2.05, 4.69) is 39.9 Å². The van der Waals surface area contributed by atoms with Gasteiger partial charge in [0.1, 0.15) is 11.2 Å². The summed E-state index contributed by atoms with van der Waals surface area (Å²) in [5.74, 6) is -2.37. The number of carboxylic acid groups (broad SMARTS) is 1. The van der Waals surface area contributed by atoms with E-state index >= 15 is 4.79 Å². The Morgan fingerprint density at radius 3 is 2.47 bits per heavy atom. The van der Waals surface area contributed by atoms with Gasteiger partial charge in [-0.15, -0.1) is 11.8 Å². The molecule has 342 valence electrons. The Balaban J connectivity index is 1.27. The minimum Gasteiger partial charge on any atom is -0.496 e. The number of anilines is 1. The van der Waals surface area contributed by atoms with Gasteiger partial charge in [0.15, 0.2) is 11.8 Å². The Kier molecular flexibility index (Phi) is 9.94. The molecule has 7 aliphatic rings. The minimum absolute atomic E-state index is 0.102. The summed E-state index contributed by atoms with van der Waals surface area (Å²) in [6, 6.07) is 9.63. The summed E-state index contributed by atoms with van der Waals surface area (Å²) in [4.78, 5) is 66.2. The molecule has 3 saturated heterocycles. The molecule has 1 saturated carbocycles. The van der Waals surface area contributed by atoms with Crippen molar-refractivity contribution < 1.29 is 53.1 Å². The number of nitrogens with zero attached hydrogens (tertiary/aromatic N) is 3. The highest BCUT2D eigenvalue weighted by Gasteiger charge is 2.98. The number of rotatable bonds is 10. The number of hydrogen-bond donors (Lipinski definition) is 3. The standard InChI is InChI=1S/C48H58N4O11S/c1-8-43(58)22-28-23-45(41(56)60-6,38-30(13-17-51(24-28)26-43)31-19-29(64-25-37(54)55)11-12-34(31)49-38)33-20-32-35(21-36(33)59-5)50(4)48-46(32)15-18-52-16-10-14-44(9-2,39(46)52)40(62-27(3)53)47(48,63-48)42(57)61-7/h10-12,14,19-21,28,39-40,49,58H,8-9,13,15-18,22-26H2,1-7H3,(H,54,55)/t28-,39+,40-,43+,44-,45+,46-,47+,48+/m1/s1. The van der Waals surface area contributed by atoms with Crippen LogP contribution in [0.15, 0.2) is 47.4 Å². The third-order valence-electron chi connectivity index (χ3n) is 16.4. The molecule has 16 heteroatoms. The van der Waals surface area contributed by atoms with Gasteiger partial charge in [0, 0.05) is 90.4 Å². The number of fused-ring (bicyclic) bond motifs is 6. The van der Waals surface area contributed by atoms with E-state index in [0.717, 1.165) is 32.6 Å². The van der Waals surface area contributed by atoms with Crippen LogP contribution in [-0.2, 0) is 55.4 Å². The zero-order valence-electron chi connectivity index (χ0n) is 37.6. The first-order chi connectivity index (χ1) is 30.6. The van der Waals surface area contributed by atoms with Gasteiger partial charge in [0.05, 0.1) is 38.1 Å². The van der Waals surface area contributed by atoms with E-state index in [1.807, 2.05) is 43.1 Å². The fourth-order valence-corrected chi connectivity index (χ4v) is 14.8. The fraction of sp³-hybridized carbons (Fsp3) is 0.583. The van der Waals surface area contributed by atoms with Gasteiger partial charge in [0.2, 0.25) is 0 Å². The summed E-state index contributed by atoms with van der Waals surface area (Å²) in [6.45, 7) is 8.53. The van der Waals surface area contributed by atoms with Crippen LogP contribution < -0.4 is 9.64 Å². The number of thioether (sulfide) groups is 1. The third kappa shape index (κ3) is 5.37. The highest BCUT2D eigenvalue weighted by Crippen LogP contribution is 2.80. The number of esters is 3. The lowest BCUT2D eigenvalue weighted by Crippen LogP contribution is -2.75. The summed E-state index contributed by atoms with van der Waals surface area (Å²) in [5.41, 5.74) is -2.68. The Morgan fingerprint density at radius 2 is 1.78 bits per heavy atom. The van der Waals surface area contributed by atoms with Crippen LogP contribution >= 0.6 is 11.8 Å². The molecule has 1 aromatic heterocycles. The van der Waals surface area contributed by atoms with E-state index in [4.69, 9.17) is 23.7 Å². The van der Waals surface area contributed by atoms with Crippen LogP contribution in [0.2, 0.25) is 0 Å². The maximum absolute atomic E-state index is 15.5. The van der Waals surface area contributed by atoms with Crippen LogP contribution in [0.4, 0.5) is 5.69 Å². The van der Waals surface area contributed by atoms with Crippen LogP contribution in [0.25, 0.3) is 10.9 Å². The van der Waals surface area contributed by atoms with Crippen molar-refractivity contribution in [3.63, 3.8) is 0 Å². The second-order valence-electron chi connectivity index (χ2n) is 19.2. The molecule has 3 N–H and O–H groups in total. The molecule has 0 amide bonds. The van der Waals surface area contributed by atoms with Crippen molar-refractivity contribution in [2.45, 2.75) is 104 Å². The molecule has 4 fully saturated rings. The topological polar surface area (TPSA) is 184 Å². The number of H-pyrrole nitrogens is 1. The van der Waals surface area contributed by atoms with E-state index in [1.165, 1.54) is 32.9 Å². The largest absolute Gasteiger partial charge is 0.496 e. The summed E-state index contributed by atoms with van der Waals surface area (Å²) in [5, 5.41) is 22.5. The summed E-state index contributed by atoms with van der Waals surface area (Å²) in [7, 11) is 6.25. The van der Waals surface area contributed by atoms with Crippen LogP contribution in [0, 0.1) is 11.3 Å². The second-order valence-corrected chi connectivity index (χ2v) is 20.2. The summed E-state index contributed by atoms with van der Waals surface area (Å²) < 4.78 is 31.5. The molecule has 1 unspecified atom stereocenters. The molecular weight excluding hydrogens is 841 g/mol. The van der Waals surface area contributed by atoms with Gasteiger partial charge in [-0.3, -0.25) is 24.2 Å². The van der Waals surface area contributed by atoms with E-state index < -0.39 is 63.2 Å². The highest BCUT2D eigenvalue weighted by atomic mass is 32.2. The van der Waals surface area contributed by atoms with Crippen molar-refractivity contribution in [2.75, 3.05) is 71.8 Å². The second kappa shape index (κ2) is 14.7. The van der Waals surface area contributed by atoms with Crippen LogP contribution in [-0.4, -0.2) is 145 Å². The number of ether oxygens (including phenoxy) is 5. The molecule has 6 aliphatic heterocycles. The number of aliphatic carboxylic acids is 1. The van der Waals surface area contributed by atoms with E-state index in [9.17, 15) is 24.6 Å². The van der Waals surface area contributed by atoms with E-state index in [0.29, 0.717) is 81.8 Å². The molecule has 1 aliphatic carbocycles. The van der Waals surface area contributed by atoms with Crippen LogP contribution in [0.5, 0.6) is 5.75 Å². The highest BCUT2D eigenvalue weighted by molar-refractivity contribution is 8.00. The van der Waals surface area contributed by atoms with Gasteiger partial charge in [-0.05, 0) is 86.4 Å². The maximum atomic E-state index is 15.5. The number of methoxy groups -OCH3 is 3. The number of nitrogens with one attached hydrogen (secondary N) is 1. The van der Waals surface area contributed by atoms with Gasteiger partial charge >= 0.3 is 23.9 Å². The molecule has 2 aromatic carbocycles. The van der Waals surface area contributed by atoms with Gasteiger partial charge in [-0.1, -0.05) is 26.0 Å². The van der Waals surface area contributed by atoms with Gasteiger partial charge in [0.25, 0.3) is 5.60 Å². The lowest BCUT2D eigenvalue weighted by molar-refractivity contribution is -0.178. The van der Waals surface area contributed by atoms with Gasteiger partial charge in [-0.2, -0.15) is 0 Å². The van der Waals surface area contributed by atoms with Crippen molar-refractivity contribution in [2.24, 2.45) is 11.3 Å². The van der Waals surface area contributed by atoms with Crippen molar-refractivity contribution in [3.05, 3.63) is 64.9 Å². The SMILES string of the molecule is CC[C@]1(O)C[C@H]2CN(CCc3c([nH]c4ccc(SCC(=O)O)cc34)[C@@](C(=O)OC)(c3cc4c(cc3OC)N(C)[C@@]35O[C@]3(C(=O)OC)[C@H](OC(C)=O)[C@]3(CC)C=CCN6CC[C@]45[C@@H]63)C2)C1. The van der Waals surface area contributed by atoms with Crippen molar-refractivity contribution >= 4 is 52.2 Å². The van der Waals surface area contributed by atoms with Crippen molar-refractivity contribution in [1.82, 2.24) is 14.8 Å². The van der Waals surface area contributed by atoms with Crippen LogP contribution in [0.3, 0.4) is 0 Å². The fourth-order valence-electron chi connectivity index (χ4n) is 14.1. The van der Waals surface area contributed by atoms with Crippen molar-refractivity contribution in [3.8, 4) is 5.75 Å². The molecule has 64 heavy (non-hydrogen) atoms. The summed E-state index contributed by atoms with van der Waals surface area (Å²) >= 11 is 1.24. The molecule has 0 radical (unpaired) electrons. The Morgan fingerprint density at radius 1 is 1.00 bits per heavy atom. The average molecular weight is 899 g/mol. The first kappa shape index (κ1) is 43.3. The third-order valence-corrected chi connectivity index (χ3v) is 17.4. The first-order valence-corrected chi connectivity index (χ1v) is 23.5. The molecule has 15 nitrogen and oxygen atoms in total. The van der Waals surface area contributed by atoms with E-state index in [-0.39, 0.29) is 24.1 Å². The number of hydrogen-bond acceptors (Lipinski definition) is 14. The lowest BCUT2D eigenvalue weighted by Gasteiger charge is -2.58. The number of carboxylic acids is 1. The Bertz CT molecular complexity index is 2530. The lowest BCUT2D eigenvalue weighted by atomic mass is 9.49. The molecule has 2 spiro atoms. The molecule has 3 aromatic rings. The van der Waals surface area contributed by atoms with Crippen LogP contribution in [0.1, 0.15) is 75.3 Å². The number of likely N-dealkylation sites (N-methyl/N-ethyl adjacent to an activating group) is 1. The monoisotopic (exact) mass is 898 g/mol. The summed E-state index contributed by atoms with van der Waals surface area (Å²) in [6.07, 6.45) is 6.17. The van der Waals surface area contributed by atoms with Gasteiger partial charge < -0.3 is 43.8 Å². The number of piperidine rings is 1. The Labute approximate surface area is 376 Å².